The van der Waals surface area contributed by atoms with Crippen molar-refractivity contribution in [3.05, 3.63) is 41.7 Å². The van der Waals surface area contributed by atoms with Crippen molar-refractivity contribution in [1.29, 1.82) is 0 Å². The van der Waals surface area contributed by atoms with Crippen molar-refractivity contribution in [3.63, 3.8) is 0 Å². The molecule has 4 rings (SSSR count). The molecule has 2 heterocycles. The van der Waals surface area contributed by atoms with E-state index in [2.05, 4.69) is 53.3 Å². The van der Waals surface area contributed by atoms with Gasteiger partial charge in [0.1, 0.15) is 0 Å². The largest absolute Gasteiger partial charge is 0.316 e. The van der Waals surface area contributed by atoms with E-state index in [0.717, 1.165) is 17.7 Å². The van der Waals surface area contributed by atoms with E-state index in [9.17, 15) is 0 Å². The van der Waals surface area contributed by atoms with Crippen LogP contribution < -0.4 is 0 Å². The average Bonchev–Trinajstić information content (AvgIpc) is 2.87. The van der Waals surface area contributed by atoms with Crippen LogP contribution in [0, 0.1) is 5.92 Å². The summed E-state index contributed by atoms with van der Waals surface area (Å²) in [6.45, 7) is 2.26. The third kappa shape index (κ3) is 1.11. The lowest BCUT2D eigenvalue weighted by Gasteiger charge is -2.13. The van der Waals surface area contributed by atoms with Gasteiger partial charge in [-0.2, -0.15) is 0 Å². The Morgan fingerprint density at radius 1 is 1.28 bits per heavy atom. The fourth-order valence-electron chi connectivity index (χ4n) is 2.94. The van der Waals surface area contributed by atoms with E-state index in [0.29, 0.717) is 5.92 Å². The van der Waals surface area contributed by atoms with Gasteiger partial charge in [-0.3, -0.25) is 4.40 Å². The van der Waals surface area contributed by atoms with Gasteiger partial charge in [0.25, 0.3) is 0 Å². The quantitative estimate of drug-likeness (QED) is 0.589. The highest BCUT2D eigenvalue weighted by atomic mass is 15.2. The molecule has 0 bridgehead atoms. The fraction of sp³-hybridized carbons (Fsp3) is 0.267. The van der Waals surface area contributed by atoms with Crippen LogP contribution in [-0.4, -0.2) is 14.0 Å². The first-order valence-corrected chi connectivity index (χ1v) is 6.38. The number of para-hydroxylation sites is 2. The molecular formula is C15H15N3. The highest BCUT2D eigenvalue weighted by Gasteiger charge is 2.21. The Labute approximate surface area is 105 Å². The van der Waals surface area contributed by atoms with E-state index in [-0.39, 0.29) is 0 Å². The van der Waals surface area contributed by atoms with E-state index >= 15 is 0 Å². The second-order valence-corrected chi connectivity index (χ2v) is 5.17. The van der Waals surface area contributed by atoms with Gasteiger partial charge < -0.3 is 4.57 Å². The van der Waals surface area contributed by atoms with Crippen LogP contribution in [-0.2, 0) is 13.5 Å². The normalized spacial score (nSPS) is 18.7. The minimum Gasteiger partial charge on any atom is -0.316 e. The lowest BCUT2D eigenvalue weighted by molar-refractivity contribution is 0.673. The average molecular weight is 237 g/mol. The van der Waals surface area contributed by atoms with Gasteiger partial charge in [-0.1, -0.05) is 25.1 Å². The molecule has 0 aliphatic heterocycles. The Bertz CT molecular complexity index is 789. The Balaban J connectivity index is 2.20. The highest BCUT2D eigenvalue weighted by molar-refractivity contribution is 5.82. The predicted octanol–water partition coefficient (Wildman–Crippen LogP) is 3.03. The van der Waals surface area contributed by atoms with Crippen LogP contribution in [0.1, 0.15) is 18.3 Å². The maximum absolute atomic E-state index is 4.74. The fourth-order valence-corrected chi connectivity index (χ4v) is 2.94. The molecule has 0 N–H and O–H groups in total. The van der Waals surface area contributed by atoms with E-state index in [1.54, 1.807) is 0 Å². The Morgan fingerprint density at radius 3 is 3.00 bits per heavy atom. The molecule has 18 heavy (non-hydrogen) atoms. The summed E-state index contributed by atoms with van der Waals surface area (Å²) in [6, 6.07) is 8.33. The van der Waals surface area contributed by atoms with Crippen molar-refractivity contribution < 1.29 is 0 Å². The maximum atomic E-state index is 4.74. The van der Waals surface area contributed by atoms with Gasteiger partial charge in [-0.25, -0.2) is 4.98 Å². The number of fused-ring (bicyclic) bond motifs is 5. The molecule has 0 radical (unpaired) electrons. The van der Waals surface area contributed by atoms with Gasteiger partial charge in [0.2, 0.25) is 5.78 Å². The smallest absolute Gasteiger partial charge is 0.215 e. The number of allylic oxidation sites excluding steroid dienone is 1. The number of benzene rings is 1. The summed E-state index contributed by atoms with van der Waals surface area (Å²) in [7, 11) is 2.12. The summed E-state index contributed by atoms with van der Waals surface area (Å²) in [4.78, 5) is 4.74. The third-order valence-corrected chi connectivity index (χ3v) is 3.88. The summed E-state index contributed by atoms with van der Waals surface area (Å²) in [5, 5.41) is 0. The van der Waals surface area contributed by atoms with Crippen molar-refractivity contribution in [1.82, 2.24) is 14.0 Å². The molecule has 3 aromatic rings. The van der Waals surface area contributed by atoms with E-state index in [4.69, 9.17) is 4.98 Å². The van der Waals surface area contributed by atoms with E-state index in [1.165, 1.54) is 16.9 Å². The zero-order valence-electron chi connectivity index (χ0n) is 10.6. The Morgan fingerprint density at radius 2 is 2.11 bits per heavy atom. The molecule has 1 aliphatic carbocycles. The van der Waals surface area contributed by atoms with Gasteiger partial charge in [-0.15, -0.1) is 0 Å². The third-order valence-electron chi connectivity index (χ3n) is 3.88. The molecule has 3 heteroatoms. The standard InChI is InChI=1S/C15H15N3/c1-10-7-8-13-14(9-10)17(2)15-16-11-5-3-4-6-12(11)18(13)15/h3-8,10H,9H2,1-2H3. The van der Waals surface area contributed by atoms with Crippen LogP contribution in [0.4, 0.5) is 0 Å². The second kappa shape index (κ2) is 3.25. The van der Waals surface area contributed by atoms with Crippen LogP contribution >= 0.6 is 0 Å². The van der Waals surface area contributed by atoms with E-state index < -0.39 is 0 Å². The van der Waals surface area contributed by atoms with Crippen LogP contribution in [0.5, 0.6) is 0 Å². The summed E-state index contributed by atoms with van der Waals surface area (Å²) in [5.41, 5.74) is 4.94. The molecule has 1 aromatic carbocycles. The first-order valence-electron chi connectivity index (χ1n) is 6.38. The van der Waals surface area contributed by atoms with Gasteiger partial charge in [-0.05, 0) is 30.5 Å². The Hall–Kier alpha value is -2.03. The molecule has 1 atom stereocenters. The van der Waals surface area contributed by atoms with Crippen molar-refractivity contribution in [2.75, 3.05) is 0 Å². The molecule has 0 fully saturated rings. The van der Waals surface area contributed by atoms with Crippen LogP contribution in [0.3, 0.4) is 0 Å². The lowest BCUT2D eigenvalue weighted by Crippen LogP contribution is -2.07. The zero-order valence-corrected chi connectivity index (χ0v) is 10.6. The van der Waals surface area contributed by atoms with Crippen LogP contribution in [0.25, 0.3) is 22.9 Å². The molecule has 0 saturated carbocycles. The molecule has 2 aromatic heterocycles. The number of imidazole rings is 2. The molecule has 90 valence electrons. The SMILES string of the molecule is CC1C=Cc2c(n(C)c3nc4ccccc4n23)C1. The van der Waals surface area contributed by atoms with Crippen molar-refractivity contribution >= 4 is 22.9 Å². The molecule has 0 spiro atoms. The monoisotopic (exact) mass is 237 g/mol. The maximum Gasteiger partial charge on any atom is 0.215 e. The molecule has 0 amide bonds. The zero-order chi connectivity index (χ0) is 12.3. The summed E-state index contributed by atoms with van der Waals surface area (Å²) >= 11 is 0. The first-order chi connectivity index (χ1) is 8.75. The molecule has 1 aliphatic rings. The molecular weight excluding hydrogens is 222 g/mol. The molecule has 1 unspecified atom stereocenters. The minimum atomic E-state index is 0.613. The van der Waals surface area contributed by atoms with Crippen LogP contribution in [0.2, 0.25) is 0 Å². The lowest BCUT2D eigenvalue weighted by atomic mass is 9.98. The molecule has 0 saturated heterocycles. The summed E-state index contributed by atoms with van der Waals surface area (Å²) in [6.07, 6.45) is 5.63. The van der Waals surface area contributed by atoms with Gasteiger partial charge in [0.05, 0.1) is 16.7 Å². The number of rotatable bonds is 0. The van der Waals surface area contributed by atoms with Crippen molar-refractivity contribution in [2.24, 2.45) is 13.0 Å². The number of hydrogen-bond acceptors (Lipinski definition) is 1. The van der Waals surface area contributed by atoms with Crippen molar-refractivity contribution in [3.8, 4) is 0 Å². The number of aromatic nitrogens is 3. The second-order valence-electron chi connectivity index (χ2n) is 5.17. The number of hydrogen-bond donors (Lipinski definition) is 0. The van der Waals surface area contributed by atoms with Gasteiger partial charge in [0.15, 0.2) is 0 Å². The number of nitrogens with zero attached hydrogens (tertiary/aromatic N) is 3. The Kier molecular flexibility index (Phi) is 1.80. The predicted molar refractivity (Wildman–Crippen MR) is 73.6 cm³/mol. The van der Waals surface area contributed by atoms with E-state index in [1.807, 2.05) is 6.07 Å². The summed E-state index contributed by atoms with van der Waals surface area (Å²) < 4.78 is 4.50. The molecule has 3 nitrogen and oxygen atoms in total. The topological polar surface area (TPSA) is 22.2 Å². The summed E-state index contributed by atoms with van der Waals surface area (Å²) in [5.74, 6) is 1.65. The first kappa shape index (κ1) is 9.95. The van der Waals surface area contributed by atoms with Gasteiger partial charge >= 0.3 is 0 Å². The van der Waals surface area contributed by atoms with Gasteiger partial charge in [0, 0.05) is 12.7 Å². The van der Waals surface area contributed by atoms with Crippen LogP contribution in [0.15, 0.2) is 30.3 Å². The highest BCUT2D eigenvalue weighted by Crippen LogP contribution is 2.29. The van der Waals surface area contributed by atoms with Crippen molar-refractivity contribution in [2.45, 2.75) is 13.3 Å². The minimum absolute atomic E-state index is 0.613. The number of aryl methyl sites for hydroxylation is 1.